The minimum atomic E-state index is -1.00. The van der Waals surface area contributed by atoms with Crippen LogP contribution in [0.15, 0.2) is 17.7 Å². The molecule has 3 N–H and O–H groups in total. The van der Waals surface area contributed by atoms with E-state index in [1.54, 1.807) is 0 Å². The fourth-order valence-corrected chi connectivity index (χ4v) is 0.637. The van der Waals surface area contributed by atoms with E-state index in [2.05, 4.69) is 17.2 Å². The Bertz CT molecular complexity index is 212. The van der Waals surface area contributed by atoms with Crippen molar-refractivity contribution in [3.63, 3.8) is 0 Å². The van der Waals surface area contributed by atoms with Crippen molar-refractivity contribution in [2.45, 2.75) is 6.42 Å². The van der Waals surface area contributed by atoms with Crippen LogP contribution in [-0.2, 0) is 4.79 Å². The minimum absolute atomic E-state index is 0.144. The van der Waals surface area contributed by atoms with E-state index in [0.29, 0.717) is 13.0 Å². The predicted molar refractivity (Wildman–Crippen MR) is 46.6 cm³/mol. The highest BCUT2D eigenvalue weighted by atomic mass is 32.1. The molecule has 0 rings (SSSR count). The number of carbonyl (C=O) groups is 1. The second kappa shape index (κ2) is 5.80. The number of hydrogen-bond donors (Lipinski definition) is 2. The molecule has 3 nitrogen and oxygen atoms in total. The van der Waals surface area contributed by atoms with Gasteiger partial charge in [-0.3, -0.25) is 0 Å². The van der Waals surface area contributed by atoms with Crippen LogP contribution in [0.1, 0.15) is 6.42 Å². The van der Waals surface area contributed by atoms with E-state index >= 15 is 0 Å². The van der Waals surface area contributed by atoms with Gasteiger partial charge >= 0.3 is 5.97 Å². The van der Waals surface area contributed by atoms with Crippen molar-refractivity contribution in [1.29, 1.82) is 0 Å². The number of rotatable bonds is 4. The Morgan fingerprint density at radius 3 is 2.73 bits per heavy atom. The van der Waals surface area contributed by atoms with Gasteiger partial charge < -0.3 is 10.8 Å². The monoisotopic (exact) mass is 171 g/mol. The van der Waals surface area contributed by atoms with Crippen molar-refractivity contribution in [1.82, 2.24) is 0 Å². The summed E-state index contributed by atoms with van der Waals surface area (Å²) < 4.78 is 0. The lowest BCUT2D eigenvalue weighted by atomic mass is 10.2. The van der Waals surface area contributed by atoms with Gasteiger partial charge in [0.25, 0.3) is 0 Å². The predicted octanol–water partition coefficient (Wildman–Crippen LogP) is 0.501. The number of thiocarbonyl (C=S) groups is 1. The fourth-order valence-electron chi connectivity index (χ4n) is 0.510. The lowest BCUT2D eigenvalue weighted by Gasteiger charge is -1.91. The summed E-state index contributed by atoms with van der Waals surface area (Å²) in [4.78, 5) is 10.4. The van der Waals surface area contributed by atoms with Gasteiger partial charge in [-0.25, -0.2) is 4.79 Å². The third kappa shape index (κ3) is 4.44. The van der Waals surface area contributed by atoms with Crippen molar-refractivity contribution in [2.24, 2.45) is 5.73 Å². The van der Waals surface area contributed by atoms with Crippen LogP contribution in [0, 0.1) is 0 Å². The van der Waals surface area contributed by atoms with Crippen LogP contribution in [0.25, 0.3) is 0 Å². The Morgan fingerprint density at radius 2 is 2.36 bits per heavy atom. The summed E-state index contributed by atoms with van der Waals surface area (Å²) in [7, 11) is 0. The first kappa shape index (κ1) is 10.0. The molecule has 0 aromatic rings. The SMILES string of the molecule is NCCC=C(C=C=S)C(=O)O. The van der Waals surface area contributed by atoms with Crippen molar-refractivity contribution in [3.05, 3.63) is 17.7 Å². The number of carboxylic acids is 1. The highest BCUT2D eigenvalue weighted by Gasteiger charge is 2.00. The van der Waals surface area contributed by atoms with Gasteiger partial charge in [0.1, 0.15) is 0 Å². The summed E-state index contributed by atoms with van der Waals surface area (Å²) in [6, 6.07) is 0. The third-order valence-electron chi connectivity index (χ3n) is 0.992. The first-order valence-corrected chi connectivity index (χ1v) is 3.47. The Kier molecular flexibility index (Phi) is 5.29. The van der Waals surface area contributed by atoms with E-state index in [0.717, 1.165) is 0 Å². The Labute approximate surface area is 70.2 Å². The van der Waals surface area contributed by atoms with Crippen LogP contribution in [0.3, 0.4) is 0 Å². The molecule has 0 aromatic heterocycles. The Balaban J connectivity index is 4.32. The van der Waals surface area contributed by atoms with Crippen molar-refractivity contribution in [3.8, 4) is 0 Å². The fraction of sp³-hybridized carbons (Fsp3) is 0.286. The first-order valence-electron chi connectivity index (χ1n) is 3.06. The highest BCUT2D eigenvalue weighted by molar-refractivity contribution is 7.78. The molecule has 0 aliphatic carbocycles. The first-order chi connectivity index (χ1) is 5.22. The maximum absolute atomic E-state index is 10.4. The summed E-state index contributed by atoms with van der Waals surface area (Å²) in [5, 5.41) is 10.7. The molecule has 0 saturated carbocycles. The number of nitrogens with two attached hydrogens (primary N) is 1. The molecular weight excluding hydrogens is 162 g/mol. The van der Waals surface area contributed by atoms with E-state index in [-0.39, 0.29) is 5.57 Å². The van der Waals surface area contributed by atoms with Crippen molar-refractivity contribution in [2.75, 3.05) is 6.54 Å². The van der Waals surface area contributed by atoms with Crippen molar-refractivity contribution < 1.29 is 9.90 Å². The van der Waals surface area contributed by atoms with Crippen LogP contribution in [0.4, 0.5) is 0 Å². The van der Waals surface area contributed by atoms with Crippen LogP contribution in [-0.4, -0.2) is 22.6 Å². The summed E-state index contributed by atoms with van der Waals surface area (Å²) in [5.74, 6) is -1.00. The van der Waals surface area contributed by atoms with Gasteiger partial charge in [0.05, 0.1) is 5.57 Å². The zero-order chi connectivity index (χ0) is 8.69. The van der Waals surface area contributed by atoms with E-state index in [1.807, 2.05) is 0 Å². The molecule has 0 aliphatic heterocycles. The van der Waals surface area contributed by atoms with Crippen LogP contribution < -0.4 is 5.73 Å². The molecule has 4 heteroatoms. The molecule has 0 unspecified atom stereocenters. The minimum Gasteiger partial charge on any atom is -0.478 e. The van der Waals surface area contributed by atoms with Gasteiger partial charge in [-0.1, -0.05) is 6.08 Å². The quantitative estimate of drug-likeness (QED) is 0.367. The van der Waals surface area contributed by atoms with E-state index in [9.17, 15) is 4.79 Å². The van der Waals surface area contributed by atoms with Crippen LogP contribution in [0.2, 0.25) is 0 Å². The second-order valence-corrected chi connectivity index (χ2v) is 2.04. The smallest absolute Gasteiger partial charge is 0.336 e. The standard InChI is InChI=1S/C7H9NO2S/c8-4-1-2-6(3-5-11)7(9)10/h2-3H,1,4,8H2,(H,9,10). The molecule has 0 amide bonds. The largest absolute Gasteiger partial charge is 0.478 e. The van der Waals surface area contributed by atoms with Crippen molar-refractivity contribution >= 4 is 23.2 Å². The maximum Gasteiger partial charge on any atom is 0.336 e. The zero-order valence-corrected chi connectivity index (χ0v) is 6.73. The molecule has 0 bridgehead atoms. The van der Waals surface area contributed by atoms with Gasteiger partial charge in [-0.2, -0.15) is 0 Å². The molecule has 0 spiro atoms. The normalized spacial score (nSPS) is 10.5. The highest BCUT2D eigenvalue weighted by Crippen LogP contribution is 1.96. The maximum atomic E-state index is 10.4. The lowest BCUT2D eigenvalue weighted by Crippen LogP contribution is -2.01. The van der Waals surface area contributed by atoms with E-state index < -0.39 is 5.97 Å². The number of aliphatic carboxylic acids is 1. The molecule has 0 heterocycles. The molecule has 60 valence electrons. The lowest BCUT2D eigenvalue weighted by molar-refractivity contribution is -0.132. The van der Waals surface area contributed by atoms with Gasteiger partial charge in [0.15, 0.2) is 0 Å². The second-order valence-electron chi connectivity index (χ2n) is 1.80. The van der Waals surface area contributed by atoms with Crippen LogP contribution >= 0.6 is 12.2 Å². The van der Waals surface area contributed by atoms with Gasteiger partial charge in [-0.05, 0) is 30.2 Å². The topological polar surface area (TPSA) is 63.3 Å². The summed E-state index contributed by atoms with van der Waals surface area (Å²) in [5.41, 5.74) is 5.32. The summed E-state index contributed by atoms with van der Waals surface area (Å²) >= 11 is 4.36. The van der Waals surface area contributed by atoms with E-state index in [1.165, 1.54) is 12.2 Å². The molecule has 0 radical (unpaired) electrons. The molecule has 0 fully saturated rings. The van der Waals surface area contributed by atoms with Crippen LogP contribution in [0.5, 0.6) is 0 Å². The number of hydrogen-bond acceptors (Lipinski definition) is 3. The molecular formula is C7H9NO2S. The van der Waals surface area contributed by atoms with E-state index in [4.69, 9.17) is 10.8 Å². The molecule has 0 saturated heterocycles. The molecule has 0 aromatic carbocycles. The summed E-state index contributed by atoms with van der Waals surface area (Å²) in [6.07, 6.45) is 3.30. The third-order valence-corrected chi connectivity index (χ3v) is 1.11. The molecule has 0 aliphatic rings. The Morgan fingerprint density at radius 1 is 1.73 bits per heavy atom. The average Bonchev–Trinajstić information content (AvgIpc) is 1.97. The van der Waals surface area contributed by atoms with Gasteiger partial charge in [0, 0.05) is 6.08 Å². The molecule has 11 heavy (non-hydrogen) atoms. The van der Waals surface area contributed by atoms with Gasteiger partial charge in [0.2, 0.25) is 0 Å². The van der Waals surface area contributed by atoms with Gasteiger partial charge in [-0.15, -0.1) is 0 Å². The number of carboxylic acid groups (broad SMARTS) is 1. The average molecular weight is 171 g/mol. The molecule has 0 atom stereocenters. The zero-order valence-electron chi connectivity index (χ0n) is 5.91. The summed E-state index contributed by atoms with van der Waals surface area (Å²) in [6.45, 7) is 0.433. The Hall–Kier alpha value is -0.960.